The van der Waals surface area contributed by atoms with Crippen LogP contribution in [-0.4, -0.2) is 25.3 Å². The highest BCUT2D eigenvalue weighted by molar-refractivity contribution is 7.92. The second-order valence-corrected chi connectivity index (χ2v) is 5.99. The molecule has 108 valence electrons. The summed E-state index contributed by atoms with van der Waals surface area (Å²) in [7, 11) is -0.521. The maximum atomic E-state index is 12.3. The van der Waals surface area contributed by atoms with Crippen molar-refractivity contribution >= 4 is 21.4 Å². The van der Waals surface area contributed by atoms with Crippen molar-refractivity contribution < 1.29 is 13.2 Å². The molecule has 0 atom stereocenters. The lowest BCUT2D eigenvalue weighted by molar-refractivity contribution is 0.416. The van der Waals surface area contributed by atoms with Gasteiger partial charge in [-0.25, -0.2) is 8.42 Å². The third-order valence-electron chi connectivity index (χ3n) is 2.77. The predicted molar refractivity (Wildman–Crippen MR) is 76.2 cm³/mol. The molecule has 7 nitrogen and oxygen atoms in total. The van der Waals surface area contributed by atoms with Gasteiger partial charge in [-0.1, -0.05) is 0 Å². The standard InChI is InChI=1S/C12H16N4O3S/c1-8-11(7-16(2)14-8)15-20(17,18)9-4-5-12(19-3)10(13)6-9/h4-7,15H,13H2,1-3H3. The van der Waals surface area contributed by atoms with Gasteiger partial charge in [0.15, 0.2) is 0 Å². The Kier molecular flexibility index (Phi) is 3.58. The van der Waals surface area contributed by atoms with Gasteiger partial charge in [0, 0.05) is 13.2 Å². The molecule has 20 heavy (non-hydrogen) atoms. The molecule has 2 aromatic rings. The number of ether oxygens (including phenoxy) is 1. The number of rotatable bonds is 4. The van der Waals surface area contributed by atoms with E-state index in [0.717, 1.165) is 0 Å². The number of aryl methyl sites for hydroxylation is 2. The van der Waals surface area contributed by atoms with Crippen molar-refractivity contribution in [1.29, 1.82) is 0 Å². The fourth-order valence-electron chi connectivity index (χ4n) is 1.78. The Morgan fingerprint density at radius 2 is 2.10 bits per heavy atom. The van der Waals surface area contributed by atoms with E-state index in [0.29, 0.717) is 17.1 Å². The van der Waals surface area contributed by atoms with E-state index in [-0.39, 0.29) is 10.6 Å². The third-order valence-corrected chi connectivity index (χ3v) is 4.13. The van der Waals surface area contributed by atoms with E-state index in [4.69, 9.17) is 10.5 Å². The Morgan fingerprint density at radius 1 is 1.40 bits per heavy atom. The van der Waals surface area contributed by atoms with Gasteiger partial charge in [-0.15, -0.1) is 0 Å². The SMILES string of the molecule is COc1ccc(S(=O)(=O)Nc2cn(C)nc2C)cc1N. The smallest absolute Gasteiger partial charge is 0.262 e. The highest BCUT2D eigenvalue weighted by atomic mass is 32.2. The van der Waals surface area contributed by atoms with Crippen LogP contribution in [0, 0.1) is 6.92 Å². The molecule has 3 N–H and O–H groups in total. The number of anilines is 2. The molecule has 0 saturated carbocycles. The van der Waals surface area contributed by atoms with E-state index in [1.807, 2.05) is 0 Å². The van der Waals surface area contributed by atoms with Gasteiger partial charge in [0.25, 0.3) is 10.0 Å². The summed E-state index contributed by atoms with van der Waals surface area (Å²) in [6.45, 7) is 1.72. The molecular weight excluding hydrogens is 280 g/mol. The fraction of sp³-hybridized carbons (Fsp3) is 0.250. The first-order chi connectivity index (χ1) is 9.33. The number of benzene rings is 1. The summed E-state index contributed by atoms with van der Waals surface area (Å²) in [4.78, 5) is 0.0686. The van der Waals surface area contributed by atoms with Crippen LogP contribution in [0.2, 0.25) is 0 Å². The highest BCUT2D eigenvalue weighted by Gasteiger charge is 2.18. The largest absolute Gasteiger partial charge is 0.495 e. The van der Waals surface area contributed by atoms with Crippen molar-refractivity contribution in [3.8, 4) is 5.75 Å². The maximum Gasteiger partial charge on any atom is 0.262 e. The molecule has 0 saturated heterocycles. The zero-order valence-corrected chi connectivity index (χ0v) is 12.2. The van der Waals surface area contributed by atoms with Crippen molar-refractivity contribution in [2.75, 3.05) is 17.6 Å². The summed E-state index contributed by atoms with van der Waals surface area (Å²) >= 11 is 0. The minimum absolute atomic E-state index is 0.0686. The van der Waals surface area contributed by atoms with Crippen molar-refractivity contribution in [2.45, 2.75) is 11.8 Å². The predicted octanol–water partition coefficient (Wildman–Crippen LogP) is 1.12. The number of nitrogens with two attached hydrogens (primary N) is 1. The van der Waals surface area contributed by atoms with Crippen LogP contribution in [-0.2, 0) is 17.1 Å². The average molecular weight is 296 g/mol. The Bertz CT molecular complexity index is 737. The number of hydrogen-bond donors (Lipinski definition) is 2. The highest BCUT2D eigenvalue weighted by Crippen LogP contribution is 2.26. The fourth-order valence-corrected chi connectivity index (χ4v) is 2.92. The third kappa shape index (κ3) is 2.69. The Labute approximate surface area is 117 Å². The Morgan fingerprint density at radius 3 is 2.60 bits per heavy atom. The second-order valence-electron chi connectivity index (χ2n) is 4.31. The molecule has 0 fully saturated rings. The molecule has 8 heteroatoms. The summed E-state index contributed by atoms with van der Waals surface area (Å²) < 4.78 is 33.6. The first-order valence-corrected chi connectivity index (χ1v) is 7.28. The molecule has 0 aliphatic carbocycles. The Balaban J connectivity index is 2.35. The van der Waals surface area contributed by atoms with Gasteiger partial charge in [0.05, 0.1) is 29.1 Å². The quantitative estimate of drug-likeness (QED) is 0.824. The summed E-state index contributed by atoms with van der Waals surface area (Å²) in [5, 5.41) is 4.08. The monoisotopic (exact) mass is 296 g/mol. The van der Waals surface area contributed by atoms with Crippen LogP contribution in [0.25, 0.3) is 0 Å². The van der Waals surface area contributed by atoms with Crippen LogP contribution in [0.4, 0.5) is 11.4 Å². The summed E-state index contributed by atoms with van der Waals surface area (Å²) in [6, 6.07) is 4.30. The Hall–Kier alpha value is -2.22. The van der Waals surface area contributed by atoms with Crippen molar-refractivity contribution in [2.24, 2.45) is 7.05 Å². The molecule has 1 heterocycles. The summed E-state index contributed by atoms with van der Waals surface area (Å²) in [5.74, 6) is 0.432. The lowest BCUT2D eigenvalue weighted by Gasteiger charge is -2.09. The lowest BCUT2D eigenvalue weighted by atomic mass is 10.3. The van der Waals surface area contributed by atoms with E-state index in [1.54, 1.807) is 20.2 Å². The number of sulfonamides is 1. The maximum absolute atomic E-state index is 12.3. The van der Waals surface area contributed by atoms with Crippen molar-refractivity contribution in [1.82, 2.24) is 9.78 Å². The van der Waals surface area contributed by atoms with Crippen LogP contribution in [0.3, 0.4) is 0 Å². The molecule has 0 spiro atoms. The van der Waals surface area contributed by atoms with E-state index in [9.17, 15) is 8.42 Å². The van der Waals surface area contributed by atoms with Gasteiger partial charge < -0.3 is 10.5 Å². The van der Waals surface area contributed by atoms with Gasteiger partial charge in [-0.3, -0.25) is 9.40 Å². The topological polar surface area (TPSA) is 99.2 Å². The second kappa shape index (κ2) is 5.04. The van der Waals surface area contributed by atoms with Crippen LogP contribution in [0.1, 0.15) is 5.69 Å². The minimum atomic E-state index is -3.71. The van der Waals surface area contributed by atoms with Crippen molar-refractivity contribution in [3.63, 3.8) is 0 Å². The molecular formula is C12H16N4O3S. The number of hydrogen-bond acceptors (Lipinski definition) is 5. The molecule has 0 aliphatic rings. The summed E-state index contributed by atoms with van der Waals surface area (Å²) in [5.41, 5.74) is 7.01. The van der Waals surface area contributed by atoms with E-state index in [1.165, 1.54) is 30.0 Å². The summed E-state index contributed by atoms with van der Waals surface area (Å²) in [6.07, 6.45) is 1.60. The molecule has 0 radical (unpaired) electrons. The lowest BCUT2D eigenvalue weighted by Crippen LogP contribution is -2.13. The van der Waals surface area contributed by atoms with Crippen LogP contribution in [0.5, 0.6) is 5.75 Å². The molecule has 0 aliphatic heterocycles. The molecule has 2 rings (SSSR count). The minimum Gasteiger partial charge on any atom is -0.495 e. The van der Waals surface area contributed by atoms with Crippen molar-refractivity contribution in [3.05, 3.63) is 30.1 Å². The van der Waals surface area contributed by atoms with Gasteiger partial charge in [-0.2, -0.15) is 5.10 Å². The van der Waals surface area contributed by atoms with E-state index < -0.39 is 10.0 Å². The van der Waals surface area contributed by atoms with Crippen LogP contribution >= 0.6 is 0 Å². The number of aromatic nitrogens is 2. The zero-order chi connectivity index (χ0) is 14.9. The molecule has 1 aromatic heterocycles. The van der Waals surface area contributed by atoms with E-state index in [2.05, 4.69) is 9.82 Å². The molecule has 0 amide bonds. The average Bonchev–Trinajstić information content (AvgIpc) is 2.67. The van der Waals surface area contributed by atoms with Gasteiger partial charge in [0.1, 0.15) is 5.75 Å². The van der Waals surface area contributed by atoms with Gasteiger partial charge in [-0.05, 0) is 25.1 Å². The first-order valence-electron chi connectivity index (χ1n) is 5.80. The number of methoxy groups -OCH3 is 1. The van der Waals surface area contributed by atoms with E-state index >= 15 is 0 Å². The normalized spacial score (nSPS) is 11.3. The molecule has 1 aromatic carbocycles. The van der Waals surface area contributed by atoms with Crippen LogP contribution in [0.15, 0.2) is 29.3 Å². The van der Waals surface area contributed by atoms with Gasteiger partial charge in [0.2, 0.25) is 0 Å². The number of nitrogens with zero attached hydrogens (tertiary/aromatic N) is 2. The first kappa shape index (κ1) is 14.2. The number of nitrogen functional groups attached to an aromatic ring is 1. The van der Waals surface area contributed by atoms with Gasteiger partial charge >= 0.3 is 0 Å². The molecule has 0 unspecified atom stereocenters. The molecule has 0 bridgehead atoms. The van der Waals surface area contributed by atoms with Crippen LogP contribution < -0.4 is 15.2 Å². The number of nitrogens with one attached hydrogen (secondary N) is 1. The zero-order valence-electron chi connectivity index (χ0n) is 11.4.